The van der Waals surface area contributed by atoms with Crippen molar-refractivity contribution in [3.63, 3.8) is 0 Å². The number of rotatable bonds is 10. The number of aliphatic carboxylic acids is 1. The van der Waals surface area contributed by atoms with Gasteiger partial charge in [0.25, 0.3) is 0 Å². The molecule has 4 unspecified atom stereocenters. The molecular formula is C20H30N4O6. The Hall–Kier alpha value is -3.14. The number of phenolic OH excluding ortho intramolecular Hbond substituents is 1. The fourth-order valence-corrected chi connectivity index (χ4v) is 2.55. The molecule has 0 aliphatic carbocycles. The van der Waals surface area contributed by atoms with Crippen LogP contribution in [0.3, 0.4) is 0 Å². The van der Waals surface area contributed by atoms with Gasteiger partial charge in [0.05, 0.1) is 6.04 Å². The third kappa shape index (κ3) is 7.70. The fraction of sp³-hybridized carbons (Fsp3) is 0.500. The van der Waals surface area contributed by atoms with E-state index in [9.17, 15) is 29.4 Å². The van der Waals surface area contributed by atoms with Crippen LogP contribution in [0.1, 0.15) is 33.3 Å². The van der Waals surface area contributed by atoms with Crippen molar-refractivity contribution in [1.29, 1.82) is 0 Å². The van der Waals surface area contributed by atoms with Crippen molar-refractivity contribution in [1.82, 2.24) is 16.0 Å². The zero-order chi connectivity index (χ0) is 23.0. The number of carbonyl (C=O) groups excluding carboxylic acids is 3. The van der Waals surface area contributed by atoms with Gasteiger partial charge in [0, 0.05) is 6.42 Å². The Morgan fingerprint density at radius 1 is 0.900 bits per heavy atom. The summed E-state index contributed by atoms with van der Waals surface area (Å²) in [6, 6.07) is 1.99. The number of hydrogen-bond donors (Lipinski definition) is 6. The summed E-state index contributed by atoms with van der Waals surface area (Å²) in [7, 11) is 0. The number of aromatic hydroxyl groups is 1. The molecule has 4 atom stereocenters. The molecule has 0 aliphatic rings. The van der Waals surface area contributed by atoms with Gasteiger partial charge in [-0.2, -0.15) is 0 Å². The lowest BCUT2D eigenvalue weighted by molar-refractivity contribution is -0.142. The smallest absolute Gasteiger partial charge is 0.326 e. The van der Waals surface area contributed by atoms with Crippen molar-refractivity contribution >= 4 is 23.7 Å². The highest BCUT2D eigenvalue weighted by atomic mass is 16.4. The number of nitrogens with one attached hydrogen (secondary N) is 3. The van der Waals surface area contributed by atoms with Crippen LogP contribution in [-0.4, -0.2) is 58.1 Å². The first-order chi connectivity index (χ1) is 13.9. The van der Waals surface area contributed by atoms with Gasteiger partial charge < -0.3 is 31.9 Å². The van der Waals surface area contributed by atoms with Gasteiger partial charge in [-0.1, -0.05) is 26.0 Å². The summed E-state index contributed by atoms with van der Waals surface area (Å²) < 4.78 is 0. The number of carbonyl (C=O) groups is 4. The van der Waals surface area contributed by atoms with Crippen molar-refractivity contribution in [2.45, 2.75) is 58.3 Å². The Morgan fingerprint density at radius 2 is 1.47 bits per heavy atom. The van der Waals surface area contributed by atoms with Crippen LogP contribution >= 0.6 is 0 Å². The van der Waals surface area contributed by atoms with Gasteiger partial charge in [-0.3, -0.25) is 14.4 Å². The van der Waals surface area contributed by atoms with E-state index in [0.717, 1.165) is 0 Å². The molecule has 0 radical (unpaired) electrons. The molecule has 10 nitrogen and oxygen atoms in total. The van der Waals surface area contributed by atoms with Gasteiger partial charge >= 0.3 is 5.97 Å². The van der Waals surface area contributed by atoms with E-state index in [-0.39, 0.29) is 18.1 Å². The number of hydrogen-bond acceptors (Lipinski definition) is 6. The standard InChI is InChI=1S/C20H30N4O6/c1-10(2)16(24-17(26)11(3)21)19(28)22-12(4)18(27)23-15(20(29)30)9-13-5-7-14(25)8-6-13/h5-8,10-12,15-16,25H,9,21H2,1-4H3,(H,22,28)(H,23,27)(H,24,26)(H,29,30). The number of carboxylic acids is 1. The van der Waals surface area contributed by atoms with E-state index in [1.807, 2.05) is 0 Å². The number of amides is 3. The highest BCUT2D eigenvalue weighted by Gasteiger charge is 2.29. The van der Waals surface area contributed by atoms with E-state index in [1.54, 1.807) is 26.0 Å². The summed E-state index contributed by atoms with van der Waals surface area (Å²) >= 11 is 0. The first-order valence-corrected chi connectivity index (χ1v) is 9.59. The van der Waals surface area contributed by atoms with E-state index in [1.165, 1.54) is 26.0 Å². The average Bonchev–Trinajstić information content (AvgIpc) is 2.66. The van der Waals surface area contributed by atoms with Crippen LogP contribution in [0.5, 0.6) is 5.75 Å². The highest BCUT2D eigenvalue weighted by molar-refractivity contribution is 5.94. The molecule has 166 valence electrons. The molecule has 3 amide bonds. The lowest BCUT2D eigenvalue weighted by Gasteiger charge is -2.25. The molecule has 30 heavy (non-hydrogen) atoms. The third-order valence-corrected chi connectivity index (χ3v) is 4.40. The Kier molecular flexibility index (Phi) is 9.25. The van der Waals surface area contributed by atoms with Gasteiger partial charge in [0.1, 0.15) is 23.9 Å². The van der Waals surface area contributed by atoms with E-state index in [4.69, 9.17) is 5.73 Å². The molecule has 0 saturated carbocycles. The van der Waals surface area contributed by atoms with Crippen molar-refractivity contribution in [3.05, 3.63) is 29.8 Å². The maximum absolute atomic E-state index is 12.5. The fourth-order valence-electron chi connectivity index (χ4n) is 2.55. The Morgan fingerprint density at radius 3 is 1.93 bits per heavy atom. The topological polar surface area (TPSA) is 171 Å². The quantitative estimate of drug-likeness (QED) is 0.295. The van der Waals surface area contributed by atoms with E-state index >= 15 is 0 Å². The maximum atomic E-state index is 12.5. The van der Waals surface area contributed by atoms with Crippen LogP contribution in [0.4, 0.5) is 0 Å². The summed E-state index contributed by atoms with van der Waals surface area (Å²) in [5, 5.41) is 26.1. The minimum absolute atomic E-state index is 0.00108. The first kappa shape index (κ1) is 24.9. The van der Waals surface area contributed by atoms with Crippen LogP contribution in [0.2, 0.25) is 0 Å². The number of carboxylic acid groups (broad SMARTS) is 1. The molecule has 10 heteroatoms. The Balaban J connectivity index is 2.75. The first-order valence-electron chi connectivity index (χ1n) is 9.59. The molecule has 0 aliphatic heterocycles. The minimum atomic E-state index is -1.24. The third-order valence-electron chi connectivity index (χ3n) is 4.40. The highest BCUT2D eigenvalue weighted by Crippen LogP contribution is 2.11. The second-order valence-electron chi connectivity index (χ2n) is 7.52. The molecule has 0 fully saturated rings. The normalized spacial score (nSPS) is 14.9. The van der Waals surface area contributed by atoms with Gasteiger partial charge in [0.2, 0.25) is 17.7 Å². The van der Waals surface area contributed by atoms with Crippen LogP contribution in [0, 0.1) is 5.92 Å². The summed E-state index contributed by atoms with van der Waals surface area (Å²) in [5.41, 5.74) is 6.12. The monoisotopic (exact) mass is 422 g/mol. The predicted octanol–water partition coefficient (Wildman–Crippen LogP) is -0.503. The molecule has 7 N–H and O–H groups in total. The SMILES string of the molecule is CC(N)C(=O)NC(C(=O)NC(C)C(=O)NC(Cc1ccc(O)cc1)C(=O)O)C(C)C. The van der Waals surface area contributed by atoms with Crippen LogP contribution in [0.25, 0.3) is 0 Å². The second kappa shape index (κ2) is 11.1. The van der Waals surface area contributed by atoms with E-state index < -0.39 is 47.9 Å². The molecule has 0 saturated heterocycles. The van der Waals surface area contributed by atoms with Crippen LogP contribution in [0.15, 0.2) is 24.3 Å². The molecule has 1 rings (SSSR count). The molecule has 1 aromatic rings. The summed E-state index contributed by atoms with van der Waals surface area (Å²) in [6.45, 7) is 6.36. The second-order valence-corrected chi connectivity index (χ2v) is 7.52. The van der Waals surface area contributed by atoms with E-state index in [2.05, 4.69) is 16.0 Å². The van der Waals surface area contributed by atoms with Gasteiger partial charge in [0.15, 0.2) is 0 Å². The van der Waals surface area contributed by atoms with Crippen molar-refractivity contribution in [2.75, 3.05) is 0 Å². The maximum Gasteiger partial charge on any atom is 0.326 e. The van der Waals surface area contributed by atoms with Gasteiger partial charge in [-0.15, -0.1) is 0 Å². The predicted molar refractivity (Wildman–Crippen MR) is 109 cm³/mol. The summed E-state index contributed by atoms with van der Waals surface area (Å²) in [6.07, 6.45) is 0.00108. The Labute approximate surface area is 175 Å². The Bertz CT molecular complexity index is 763. The molecule has 0 bridgehead atoms. The van der Waals surface area contributed by atoms with Crippen LogP contribution < -0.4 is 21.7 Å². The van der Waals surface area contributed by atoms with Gasteiger partial charge in [-0.05, 0) is 37.5 Å². The average molecular weight is 422 g/mol. The zero-order valence-electron chi connectivity index (χ0n) is 17.5. The molecule has 0 aromatic heterocycles. The summed E-state index contributed by atoms with van der Waals surface area (Å²) in [5.74, 6) is -3.21. The van der Waals surface area contributed by atoms with Crippen molar-refractivity contribution in [2.24, 2.45) is 11.7 Å². The number of nitrogens with two attached hydrogens (primary N) is 1. The largest absolute Gasteiger partial charge is 0.508 e. The molecule has 0 heterocycles. The van der Waals surface area contributed by atoms with E-state index in [0.29, 0.717) is 5.56 Å². The summed E-state index contributed by atoms with van der Waals surface area (Å²) in [4.78, 5) is 48.3. The minimum Gasteiger partial charge on any atom is -0.508 e. The van der Waals surface area contributed by atoms with Crippen LogP contribution in [-0.2, 0) is 25.6 Å². The zero-order valence-corrected chi connectivity index (χ0v) is 17.5. The molecule has 1 aromatic carbocycles. The number of benzene rings is 1. The lowest BCUT2D eigenvalue weighted by atomic mass is 10.0. The van der Waals surface area contributed by atoms with Crippen molar-refractivity contribution in [3.8, 4) is 5.75 Å². The molecule has 0 spiro atoms. The lowest BCUT2D eigenvalue weighted by Crippen LogP contribution is -2.57. The van der Waals surface area contributed by atoms with Crippen molar-refractivity contribution < 1.29 is 29.4 Å². The molecular weight excluding hydrogens is 392 g/mol. The van der Waals surface area contributed by atoms with Gasteiger partial charge in [-0.25, -0.2) is 4.79 Å². The number of phenols is 1.